The quantitative estimate of drug-likeness (QED) is 0.790. The predicted molar refractivity (Wildman–Crippen MR) is 97.4 cm³/mol. The first-order chi connectivity index (χ1) is 12.2. The number of anilines is 1. The maximum atomic E-state index is 5.88. The summed E-state index contributed by atoms with van der Waals surface area (Å²) in [7, 11) is 1.69. The van der Waals surface area contributed by atoms with Crippen LogP contribution in [0.15, 0.2) is 42.7 Å². The van der Waals surface area contributed by atoms with Gasteiger partial charge in [0.2, 0.25) is 0 Å². The Morgan fingerprint density at radius 1 is 1.16 bits per heavy atom. The largest absolute Gasteiger partial charge is 0.497 e. The molecule has 0 bridgehead atoms. The summed E-state index contributed by atoms with van der Waals surface area (Å²) < 4.78 is 5.22. The first-order valence-corrected chi connectivity index (χ1v) is 8.45. The number of nitrogens with two attached hydrogens (primary N) is 1. The molecule has 3 heterocycles. The van der Waals surface area contributed by atoms with E-state index in [1.165, 1.54) is 11.9 Å². The lowest BCUT2D eigenvalue weighted by molar-refractivity contribution is 0.326. The Balaban J connectivity index is 1.46. The van der Waals surface area contributed by atoms with Crippen LogP contribution >= 0.6 is 0 Å². The van der Waals surface area contributed by atoms with Crippen molar-refractivity contribution in [1.29, 1.82) is 0 Å². The summed E-state index contributed by atoms with van der Waals surface area (Å²) in [6, 6.07) is 12.3. The maximum absolute atomic E-state index is 5.88. The third-order valence-corrected chi connectivity index (χ3v) is 4.81. The highest BCUT2D eigenvalue weighted by molar-refractivity contribution is 5.84. The zero-order valence-corrected chi connectivity index (χ0v) is 14.2. The number of nitrogen functional groups attached to an aromatic ring is 1. The second kappa shape index (κ2) is 6.64. The highest BCUT2D eigenvalue weighted by atomic mass is 16.5. The van der Waals surface area contributed by atoms with Crippen LogP contribution < -0.4 is 10.5 Å². The van der Waals surface area contributed by atoms with E-state index in [1.54, 1.807) is 7.11 Å². The second-order valence-electron chi connectivity index (χ2n) is 6.43. The topological polar surface area (TPSA) is 77.2 Å². The second-order valence-corrected chi connectivity index (χ2v) is 6.43. The molecule has 1 fully saturated rings. The zero-order valence-electron chi connectivity index (χ0n) is 14.2. The molecule has 1 aliphatic heterocycles. The van der Waals surface area contributed by atoms with Gasteiger partial charge in [0.05, 0.1) is 12.5 Å². The third kappa shape index (κ3) is 3.25. The van der Waals surface area contributed by atoms with Gasteiger partial charge in [-0.25, -0.2) is 15.0 Å². The molecule has 3 aromatic rings. The Morgan fingerprint density at radius 2 is 2.00 bits per heavy atom. The number of hydrogen-bond acceptors (Lipinski definition) is 6. The van der Waals surface area contributed by atoms with Crippen LogP contribution in [-0.2, 0) is 6.54 Å². The molecule has 2 N–H and O–H groups in total. The predicted octanol–water partition coefficient (Wildman–Crippen LogP) is 2.61. The van der Waals surface area contributed by atoms with E-state index in [-0.39, 0.29) is 0 Å². The van der Waals surface area contributed by atoms with Crippen LogP contribution in [0, 0.1) is 0 Å². The number of rotatable bonds is 4. The average Bonchev–Trinajstić information content (AvgIpc) is 3.11. The summed E-state index contributed by atoms with van der Waals surface area (Å²) in [5.41, 5.74) is 8.94. The molecule has 6 heteroatoms. The van der Waals surface area contributed by atoms with E-state index in [2.05, 4.69) is 33.1 Å². The fourth-order valence-electron chi connectivity index (χ4n) is 3.41. The molecule has 1 saturated heterocycles. The first kappa shape index (κ1) is 15.8. The minimum absolute atomic E-state index is 0.429. The van der Waals surface area contributed by atoms with Gasteiger partial charge in [0.15, 0.2) is 5.65 Å². The summed E-state index contributed by atoms with van der Waals surface area (Å²) in [6.45, 7) is 3.02. The maximum Gasteiger partial charge on any atom is 0.164 e. The standard InChI is InChI=1S/C19H21N5O/c1-25-15-4-2-13(3-5-15)10-24-9-8-14(11-24)17-7-6-16-18(20)21-12-22-19(16)23-17/h2-7,12,14H,8-11H2,1H3,(H2,20,21,22,23)/t14-/m0/s1. The van der Waals surface area contributed by atoms with Gasteiger partial charge in [-0.3, -0.25) is 4.90 Å². The molecule has 128 valence electrons. The zero-order chi connectivity index (χ0) is 17.2. The number of hydrogen-bond donors (Lipinski definition) is 1. The van der Waals surface area contributed by atoms with Crippen molar-refractivity contribution < 1.29 is 4.74 Å². The summed E-state index contributed by atoms with van der Waals surface area (Å²) in [6.07, 6.45) is 2.58. The van der Waals surface area contributed by atoms with Crippen molar-refractivity contribution in [2.75, 3.05) is 25.9 Å². The van der Waals surface area contributed by atoms with E-state index in [0.29, 0.717) is 17.4 Å². The Labute approximate surface area is 146 Å². The molecule has 2 aromatic heterocycles. The van der Waals surface area contributed by atoms with Crippen molar-refractivity contribution in [3.05, 3.63) is 54.0 Å². The van der Waals surface area contributed by atoms with Gasteiger partial charge in [-0.05, 0) is 42.8 Å². The molecular formula is C19H21N5O. The Bertz CT molecular complexity index is 881. The number of benzene rings is 1. The van der Waals surface area contributed by atoms with Crippen LogP contribution in [0.25, 0.3) is 11.0 Å². The van der Waals surface area contributed by atoms with Gasteiger partial charge in [-0.15, -0.1) is 0 Å². The Kier molecular flexibility index (Phi) is 4.19. The smallest absolute Gasteiger partial charge is 0.164 e. The van der Waals surface area contributed by atoms with E-state index < -0.39 is 0 Å². The molecular weight excluding hydrogens is 314 g/mol. The molecule has 25 heavy (non-hydrogen) atoms. The van der Waals surface area contributed by atoms with Crippen molar-refractivity contribution >= 4 is 16.9 Å². The minimum atomic E-state index is 0.429. The molecule has 1 atom stereocenters. The average molecular weight is 335 g/mol. The number of likely N-dealkylation sites (tertiary alicyclic amines) is 1. The summed E-state index contributed by atoms with van der Waals surface area (Å²) in [4.78, 5) is 15.4. The molecule has 1 aliphatic rings. The van der Waals surface area contributed by atoms with Crippen molar-refractivity contribution in [2.45, 2.75) is 18.9 Å². The minimum Gasteiger partial charge on any atom is -0.497 e. The lowest BCUT2D eigenvalue weighted by atomic mass is 10.0. The van der Waals surface area contributed by atoms with Gasteiger partial charge in [0, 0.05) is 24.7 Å². The van der Waals surface area contributed by atoms with Crippen LogP contribution in [0.3, 0.4) is 0 Å². The van der Waals surface area contributed by atoms with Crippen LogP contribution in [-0.4, -0.2) is 40.1 Å². The van der Waals surface area contributed by atoms with Gasteiger partial charge in [-0.1, -0.05) is 12.1 Å². The van der Waals surface area contributed by atoms with Crippen LogP contribution in [0.4, 0.5) is 5.82 Å². The molecule has 4 rings (SSSR count). The number of pyridine rings is 1. The van der Waals surface area contributed by atoms with Crippen LogP contribution in [0.1, 0.15) is 23.6 Å². The van der Waals surface area contributed by atoms with Crippen molar-refractivity contribution in [3.8, 4) is 5.75 Å². The number of ether oxygens (including phenoxy) is 1. The highest BCUT2D eigenvalue weighted by Gasteiger charge is 2.25. The third-order valence-electron chi connectivity index (χ3n) is 4.81. The molecule has 6 nitrogen and oxygen atoms in total. The molecule has 0 radical (unpaired) electrons. The van der Waals surface area contributed by atoms with Crippen molar-refractivity contribution in [3.63, 3.8) is 0 Å². The molecule has 0 spiro atoms. The molecule has 0 saturated carbocycles. The Morgan fingerprint density at radius 3 is 2.80 bits per heavy atom. The van der Waals surface area contributed by atoms with Gasteiger partial charge in [-0.2, -0.15) is 0 Å². The van der Waals surface area contributed by atoms with Gasteiger partial charge in [0.25, 0.3) is 0 Å². The van der Waals surface area contributed by atoms with E-state index in [9.17, 15) is 0 Å². The SMILES string of the molecule is COc1ccc(CN2CC[C@H](c3ccc4c(N)ncnc4n3)C2)cc1. The van der Waals surface area contributed by atoms with E-state index in [4.69, 9.17) is 15.5 Å². The summed E-state index contributed by atoms with van der Waals surface area (Å²) in [5.74, 6) is 1.81. The summed E-state index contributed by atoms with van der Waals surface area (Å²) in [5, 5.41) is 0.819. The monoisotopic (exact) mass is 335 g/mol. The molecule has 0 unspecified atom stereocenters. The summed E-state index contributed by atoms with van der Waals surface area (Å²) >= 11 is 0. The number of nitrogens with zero attached hydrogens (tertiary/aromatic N) is 4. The van der Waals surface area contributed by atoms with Crippen molar-refractivity contribution in [1.82, 2.24) is 19.9 Å². The fourth-order valence-corrected chi connectivity index (χ4v) is 3.41. The number of aromatic nitrogens is 3. The van der Waals surface area contributed by atoms with E-state index in [0.717, 1.165) is 42.9 Å². The van der Waals surface area contributed by atoms with Gasteiger partial charge < -0.3 is 10.5 Å². The Hall–Kier alpha value is -2.73. The normalized spacial score (nSPS) is 17.9. The van der Waals surface area contributed by atoms with Gasteiger partial charge >= 0.3 is 0 Å². The van der Waals surface area contributed by atoms with Crippen LogP contribution in [0.2, 0.25) is 0 Å². The molecule has 0 amide bonds. The van der Waals surface area contributed by atoms with Gasteiger partial charge in [0.1, 0.15) is 17.9 Å². The molecule has 1 aromatic carbocycles. The lowest BCUT2D eigenvalue weighted by Gasteiger charge is -2.16. The first-order valence-electron chi connectivity index (χ1n) is 8.45. The lowest BCUT2D eigenvalue weighted by Crippen LogP contribution is -2.19. The number of fused-ring (bicyclic) bond motifs is 1. The van der Waals surface area contributed by atoms with Crippen molar-refractivity contribution in [2.24, 2.45) is 0 Å². The number of methoxy groups -OCH3 is 1. The van der Waals surface area contributed by atoms with E-state index >= 15 is 0 Å². The highest BCUT2D eigenvalue weighted by Crippen LogP contribution is 2.28. The molecule has 0 aliphatic carbocycles. The van der Waals surface area contributed by atoms with E-state index in [1.807, 2.05) is 18.2 Å². The fraction of sp³-hybridized carbons (Fsp3) is 0.316. The van der Waals surface area contributed by atoms with Crippen LogP contribution in [0.5, 0.6) is 5.75 Å².